The van der Waals surface area contributed by atoms with Gasteiger partial charge in [-0.3, -0.25) is 4.79 Å². The average Bonchev–Trinajstić information content (AvgIpc) is 3.12. The minimum atomic E-state index is -3.86. The summed E-state index contributed by atoms with van der Waals surface area (Å²) in [6, 6.07) is 15.8. The molecule has 0 aliphatic rings. The zero-order valence-electron chi connectivity index (χ0n) is 16.8. The van der Waals surface area contributed by atoms with Crippen LogP contribution in [0.2, 0.25) is 10.0 Å². The Labute approximate surface area is 198 Å². The molecular formula is C22H13Cl2FN4O3S. The van der Waals surface area contributed by atoms with Crippen molar-refractivity contribution < 1.29 is 17.6 Å². The maximum atomic E-state index is 15.1. The van der Waals surface area contributed by atoms with Crippen LogP contribution in [0.4, 0.5) is 4.39 Å². The lowest BCUT2D eigenvalue weighted by Crippen LogP contribution is -2.29. The Bertz CT molecular complexity index is 1590. The topological polar surface area (TPSA) is 105 Å². The van der Waals surface area contributed by atoms with Gasteiger partial charge in [0.05, 0.1) is 34.0 Å². The number of sulfonamides is 1. The fraction of sp³-hybridized carbons (Fsp3) is 0.0455. The zero-order chi connectivity index (χ0) is 23.9. The predicted octanol–water partition coefficient (Wildman–Crippen LogP) is 4.70. The smallest absolute Gasteiger partial charge is 0.266 e. The van der Waals surface area contributed by atoms with Crippen molar-refractivity contribution in [2.45, 2.75) is 0 Å². The zero-order valence-corrected chi connectivity index (χ0v) is 19.1. The van der Waals surface area contributed by atoms with E-state index in [0.717, 1.165) is 12.3 Å². The molecule has 0 spiro atoms. The van der Waals surface area contributed by atoms with Crippen LogP contribution in [0.15, 0.2) is 54.6 Å². The molecule has 0 saturated heterocycles. The van der Waals surface area contributed by atoms with Gasteiger partial charge in [-0.25, -0.2) is 22.2 Å². The van der Waals surface area contributed by atoms with Gasteiger partial charge in [-0.05, 0) is 42.5 Å². The van der Waals surface area contributed by atoms with Crippen LogP contribution < -0.4 is 4.72 Å². The van der Waals surface area contributed by atoms with Crippen LogP contribution in [0.5, 0.6) is 0 Å². The second-order valence-corrected chi connectivity index (χ2v) is 9.69. The molecule has 4 aromatic rings. The molecule has 1 aromatic heterocycles. The van der Waals surface area contributed by atoms with Gasteiger partial charge >= 0.3 is 0 Å². The minimum absolute atomic E-state index is 0.0640. The van der Waals surface area contributed by atoms with E-state index in [1.54, 1.807) is 47.2 Å². The van der Waals surface area contributed by atoms with Crippen molar-refractivity contribution in [3.05, 3.63) is 81.6 Å². The maximum absolute atomic E-state index is 15.1. The van der Waals surface area contributed by atoms with Crippen molar-refractivity contribution in [3.8, 4) is 23.0 Å². The summed E-state index contributed by atoms with van der Waals surface area (Å²) >= 11 is 12.4. The normalized spacial score (nSPS) is 11.4. The van der Waals surface area contributed by atoms with E-state index in [1.807, 2.05) is 0 Å². The lowest BCUT2D eigenvalue weighted by Gasteiger charge is -2.10. The van der Waals surface area contributed by atoms with E-state index in [0.29, 0.717) is 32.7 Å². The molecule has 166 valence electrons. The van der Waals surface area contributed by atoms with E-state index in [2.05, 4.69) is 11.2 Å². The first kappa shape index (κ1) is 22.7. The molecule has 0 aliphatic carbocycles. The first-order valence-electron chi connectivity index (χ1n) is 9.28. The van der Waals surface area contributed by atoms with Crippen LogP contribution in [-0.4, -0.2) is 30.4 Å². The molecule has 1 amide bonds. The predicted molar refractivity (Wildman–Crippen MR) is 124 cm³/mol. The number of amides is 1. The number of nitrogens with one attached hydrogen (secondary N) is 1. The van der Waals surface area contributed by atoms with Gasteiger partial charge in [-0.2, -0.15) is 10.4 Å². The summed E-state index contributed by atoms with van der Waals surface area (Å²) in [7, 11) is -3.86. The molecule has 0 aliphatic heterocycles. The van der Waals surface area contributed by atoms with Gasteiger partial charge in [0.25, 0.3) is 5.91 Å². The number of carbonyl (C=O) groups excluding carboxylic acids is 1. The number of nitrogens with zero attached hydrogens (tertiary/aromatic N) is 3. The quantitative estimate of drug-likeness (QED) is 0.435. The van der Waals surface area contributed by atoms with Crippen LogP contribution in [-0.2, 0) is 10.0 Å². The third-order valence-corrected chi connectivity index (χ3v) is 5.80. The molecule has 0 fully saturated rings. The number of fused-ring (bicyclic) bond motifs is 1. The number of aromatic nitrogens is 2. The first-order valence-corrected chi connectivity index (χ1v) is 11.9. The highest BCUT2D eigenvalue weighted by Gasteiger charge is 2.21. The summed E-state index contributed by atoms with van der Waals surface area (Å²) in [6.45, 7) is 0. The molecule has 7 nitrogen and oxygen atoms in total. The summed E-state index contributed by atoms with van der Waals surface area (Å²) in [5.41, 5.74) is 1.60. The highest BCUT2D eigenvalue weighted by Crippen LogP contribution is 2.34. The van der Waals surface area contributed by atoms with E-state index < -0.39 is 21.7 Å². The van der Waals surface area contributed by atoms with Crippen LogP contribution in [0.3, 0.4) is 0 Å². The van der Waals surface area contributed by atoms with Crippen molar-refractivity contribution >= 4 is 50.0 Å². The van der Waals surface area contributed by atoms with Gasteiger partial charge in [-0.1, -0.05) is 35.3 Å². The van der Waals surface area contributed by atoms with Gasteiger partial charge in [0.1, 0.15) is 17.2 Å². The first-order chi connectivity index (χ1) is 15.6. The van der Waals surface area contributed by atoms with Crippen LogP contribution in [0.25, 0.3) is 27.8 Å². The molecule has 4 rings (SSSR count). The van der Waals surface area contributed by atoms with E-state index in [9.17, 15) is 18.5 Å². The van der Waals surface area contributed by atoms with E-state index >= 15 is 4.39 Å². The van der Waals surface area contributed by atoms with Crippen LogP contribution >= 0.6 is 23.2 Å². The van der Waals surface area contributed by atoms with Crippen LogP contribution in [0, 0.1) is 17.1 Å². The SMILES string of the molecule is CS(=O)(=O)NC(=O)c1cc(F)c(-n2nc(-c3cccc(C#N)c3)c3cc(Cl)ccc32)cc1Cl. The molecule has 0 unspecified atom stereocenters. The third-order valence-electron chi connectivity index (χ3n) is 4.69. The number of rotatable bonds is 4. The van der Waals surface area contributed by atoms with Gasteiger partial charge in [-0.15, -0.1) is 0 Å². The largest absolute Gasteiger partial charge is 0.268 e. The second-order valence-electron chi connectivity index (χ2n) is 7.10. The fourth-order valence-electron chi connectivity index (χ4n) is 3.32. The summed E-state index contributed by atoms with van der Waals surface area (Å²) in [5, 5.41) is 14.6. The number of halogens is 3. The maximum Gasteiger partial charge on any atom is 0.266 e. The van der Waals surface area contributed by atoms with Crippen molar-refractivity contribution in [1.82, 2.24) is 14.5 Å². The van der Waals surface area contributed by atoms with E-state index in [-0.39, 0.29) is 16.3 Å². The van der Waals surface area contributed by atoms with Crippen LogP contribution in [0.1, 0.15) is 15.9 Å². The summed E-state index contributed by atoms with van der Waals surface area (Å²) in [5.74, 6) is -1.91. The Morgan fingerprint density at radius 1 is 1.15 bits per heavy atom. The molecule has 3 aromatic carbocycles. The molecular weight excluding hydrogens is 490 g/mol. The number of nitriles is 1. The lowest BCUT2D eigenvalue weighted by molar-refractivity contribution is 0.0981. The molecule has 0 saturated carbocycles. The average molecular weight is 503 g/mol. The standard InChI is InChI=1S/C22H13Cl2FN4O3S/c1-33(31,32)28-22(30)15-9-18(25)20(10-17(15)24)29-19-6-5-14(23)8-16(19)21(27-29)13-4-2-3-12(7-13)11-26/h2-10H,1H3,(H,28,30). The molecule has 0 bridgehead atoms. The molecule has 0 radical (unpaired) electrons. The van der Waals surface area contributed by atoms with Crippen molar-refractivity contribution in [2.24, 2.45) is 0 Å². The van der Waals surface area contributed by atoms with Crippen molar-refractivity contribution in [1.29, 1.82) is 5.26 Å². The number of benzene rings is 3. The number of carbonyl (C=O) groups is 1. The van der Waals surface area contributed by atoms with Gasteiger partial charge < -0.3 is 0 Å². The molecule has 1 heterocycles. The highest BCUT2D eigenvalue weighted by molar-refractivity contribution is 7.89. The van der Waals surface area contributed by atoms with Crippen molar-refractivity contribution in [3.63, 3.8) is 0 Å². The molecule has 11 heteroatoms. The number of hydrogen-bond donors (Lipinski definition) is 1. The Balaban J connectivity index is 1.91. The van der Waals surface area contributed by atoms with Gasteiger partial charge in [0.15, 0.2) is 0 Å². The Kier molecular flexibility index (Phi) is 5.84. The number of hydrogen-bond acceptors (Lipinski definition) is 5. The van der Waals surface area contributed by atoms with E-state index in [4.69, 9.17) is 23.2 Å². The summed E-state index contributed by atoms with van der Waals surface area (Å²) in [4.78, 5) is 12.2. The van der Waals surface area contributed by atoms with E-state index in [1.165, 1.54) is 10.7 Å². The minimum Gasteiger partial charge on any atom is -0.268 e. The third kappa shape index (κ3) is 4.54. The van der Waals surface area contributed by atoms with Gasteiger partial charge in [0.2, 0.25) is 10.0 Å². The Morgan fingerprint density at radius 3 is 2.61 bits per heavy atom. The lowest BCUT2D eigenvalue weighted by atomic mass is 10.1. The summed E-state index contributed by atoms with van der Waals surface area (Å²) < 4.78 is 40.9. The molecule has 1 N–H and O–H groups in total. The molecule has 0 atom stereocenters. The fourth-order valence-corrected chi connectivity index (χ4v) is 4.18. The second kappa shape index (κ2) is 8.48. The highest BCUT2D eigenvalue weighted by atomic mass is 35.5. The molecule has 33 heavy (non-hydrogen) atoms. The Morgan fingerprint density at radius 2 is 1.91 bits per heavy atom. The van der Waals surface area contributed by atoms with Crippen molar-refractivity contribution in [2.75, 3.05) is 6.26 Å². The monoisotopic (exact) mass is 502 g/mol. The summed E-state index contributed by atoms with van der Waals surface area (Å²) in [6.07, 6.45) is 0.799. The Hall–Kier alpha value is -3.45. The van der Waals surface area contributed by atoms with Gasteiger partial charge in [0, 0.05) is 16.0 Å².